The molecule has 5 heteroatoms. The number of ether oxygens (including phenoxy) is 1. The maximum absolute atomic E-state index is 13.5. The van der Waals surface area contributed by atoms with Crippen LogP contribution >= 0.6 is 0 Å². The van der Waals surface area contributed by atoms with Crippen LogP contribution in [0.1, 0.15) is 34.0 Å². The van der Waals surface area contributed by atoms with Crippen molar-refractivity contribution in [3.8, 4) is 5.75 Å². The number of carbonyl (C=O) groups is 2. The lowest BCUT2D eigenvalue weighted by atomic mass is 9.82. The first-order valence-corrected chi connectivity index (χ1v) is 10.3. The summed E-state index contributed by atoms with van der Waals surface area (Å²) >= 11 is 0. The Kier molecular flexibility index (Phi) is 5.51. The lowest BCUT2D eigenvalue weighted by molar-refractivity contribution is -0.126. The van der Waals surface area contributed by atoms with Gasteiger partial charge >= 0.3 is 0 Å². The Morgan fingerprint density at radius 2 is 1.71 bits per heavy atom. The molecule has 5 nitrogen and oxygen atoms in total. The zero-order valence-corrected chi connectivity index (χ0v) is 18.0. The Bertz CT molecular complexity index is 1110. The summed E-state index contributed by atoms with van der Waals surface area (Å²) < 4.78 is 5.19. The van der Waals surface area contributed by atoms with E-state index < -0.39 is 5.54 Å². The van der Waals surface area contributed by atoms with Gasteiger partial charge in [-0.3, -0.25) is 14.5 Å². The van der Waals surface area contributed by atoms with E-state index in [0.717, 1.165) is 22.4 Å². The van der Waals surface area contributed by atoms with Gasteiger partial charge in [0.2, 0.25) is 5.91 Å². The fourth-order valence-corrected chi connectivity index (χ4v) is 4.07. The van der Waals surface area contributed by atoms with Crippen molar-refractivity contribution in [3.05, 3.63) is 95.1 Å². The molecule has 1 aliphatic rings. The highest BCUT2D eigenvalue weighted by Gasteiger charge is 2.47. The van der Waals surface area contributed by atoms with Crippen LogP contribution in [0.4, 0.5) is 5.69 Å². The molecule has 0 saturated heterocycles. The van der Waals surface area contributed by atoms with Gasteiger partial charge in [-0.1, -0.05) is 48.0 Å². The fraction of sp³-hybridized carbons (Fsp3) is 0.231. The Labute approximate surface area is 182 Å². The van der Waals surface area contributed by atoms with Crippen molar-refractivity contribution in [2.75, 3.05) is 12.0 Å². The summed E-state index contributed by atoms with van der Waals surface area (Å²) in [6, 6.07) is 22.8. The molecule has 0 unspecified atom stereocenters. The molecule has 3 aromatic carbocycles. The predicted molar refractivity (Wildman–Crippen MR) is 121 cm³/mol. The quantitative estimate of drug-likeness (QED) is 0.678. The Morgan fingerprint density at radius 1 is 1.03 bits per heavy atom. The Hall–Kier alpha value is -3.60. The van der Waals surface area contributed by atoms with Crippen molar-refractivity contribution in [1.82, 2.24) is 5.32 Å². The summed E-state index contributed by atoms with van der Waals surface area (Å²) in [7, 11) is 1.62. The average molecular weight is 415 g/mol. The number of methoxy groups -OCH3 is 1. The molecule has 158 valence electrons. The summed E-state index contributed by atoms with van der Waals surface area (Å²) in [4.78, 5) is 28.6. The van der Waals surface area contributed by atoms with Gasteiger partial charge in [0.1, 0.15) is 11.3 Å². The third-order valence-electron chi connectivity index (χ3n) is 5.87. The molecule has 4 rings (SSSR count). The second kappa shape index (κ2) is 8.26. The number of hydrogen-bond acceptors (Lipinski definition) is 3. The molecule has 3 aromatic rings. The van der Waals surface area contributed by atoms with Crippen LogP contribution in [0, 0.1) is 6.92 Å². The van der Waals surface area contributed by atoms with Crippen molar-refractivity contribution >= 4 is 17.5 Å². The van der Waals surface area contributed by atoms with Gasteiger partial charge < -0.3 is 10.1 Å². The third-order valence-corrected chi connectivity index (χ3v) is 5.87. The molecule has 0 saturated carbocycles. The molecule has 0 aliphatic carbocycles. The maximum Gasteiger partial charge on any atom is 0.259 e. The SMILES string of the molecule is COc1ccc(CNC(=O)[C@]2(C)Cc3ccccc3C(=O)N2c2ccc(C)cc2)cc1. The van der Waals surface area contributed by atoms with Crippen LogP contribution in [-0.2, 0) is 17.8 Å². The van der Waals surface area contributed by atoms with E-state index in [9.17, 15) is 9.59 Å². The van der Waals surface area contributed by atoms with Gasteiger partial charge in [0.15, 0.2) is 0 Å². The number of benzene rings is 3. The van der Waals surface area contributed by atoms with E-state index in [0.29, 0.717) is 24.2 Å². The molecule has 1 N–H and O–H groups in total. The van der Waals surface area contributed by atoms with E-state index in [2.05, 4.69) is 5.32 Å². The second-order valence-corrected chi connectivity index (χ2v) is 8.11. The molecule has 2 amide bonds. The zero-order valence-electron chi connectivity index (χ0n) is 18.0. The first kappa shape index (κ1) is 20.7. The Balaban J connectivity index is 1.66. The smallest absolute Gasteiger partial charge is 0.259 e. The highest BCUT2D eigenvalue weighted by Crippen LogP contribution is 2.35. The average Bonchev–Trinajstić information content (AvgIpc) is 2.79. The van der Waals surface area contributed by atoms with E-state index >= 15 is 0 Å². The van der Waals surface area contributed by atoms with Crippen LogP contribution in [0.15, 0.2) is 72.8 Å². The molecule has 31 heavy (non-hydrogen) atoms. The van der Waals surface area contributed by atoms with Crippen molar-refractivity contribution in [3.63, 3.8) is 0 Å². The molecule has 0 spiro atoms. The highest BCUT2D eigenvalue weighted by atomic mass is 16.5. The fourth-order valence-electron chi connectivity index (χ4n) is 4.07. The van der Waals surface area contributed by atoms with E-state index in [1.54, 1.807) is 12.0 Å². The maximum atomic E-state index is 13.5. The number of amides is 2. The molecule has 0 radical (unpaired) electrons. The van der Waals surface area contributed by atoms with E-state index in [4.69, 9.17) is 4.74 Å². The van der Waals surface area contributed by atoms with Crippen LogP contribution < -0.4 is 15.0 Å². The van der Waals surface area contributed by atoms with Crippen LogP contribution in [0.5, 0.6) is 5.75 Å². The number of nitrogens with zero attached hydrogens (tertiary/aromatic N) is 1. The summed E-state index contributed by atoms with van der Waals surface area (Å²) in [5.41, 5.74) is 3.25. The number of aryl methyl sites for hydroxylation is 1. The summed E-state index contributed by atoms with van der Waals surface area (Å²) in [5, 5.41) is 3.04. The number of anilines is 1. The first-order chi connectivity index (χ1) is 14.9. The monoisotopic (exact) mass is 414 g/mol. The number of carbonyl (C=O) groups excluding carboxylic acids is 2. The molecular weight excluding hydrogens is 388 g/mol. The molecule has 0 aromatic heterocycles. The number of hydrogen-bond donors (Lipinski definition) is 1. The molecule has 0 fully saturated rings. The van der Waals surface area contributed by atoms with Crippen LogP contribution in [0.3, 0.4) is 0 Å². The van der Waals surface area contributed by atoms with Crippen LogP contribution in [-0.4, -0.2) is 24.5 Å². The number of fused-ring (bicyclic) bond motifs is 1. The Morgan fingerprint density at radius 3 is 2.39 bits per heavy atom. The molecule has 0 bridgehead atoms. The van der Waals surface area contributed by atoms with Gasteiger partial charge in [0, 0.05) is 24.2 Å². The standard InChI is InChI=1S/C26H26N2O3/c1-18-8-12-21(13-9-18)28-24(29)23-7-5-4-6-20(23)16-26(28,2)25(30)27-17-19-10-14-22(31-3)15-11-19/h4-15H,16-17H2,1-3H3,(H,27,30)/t26-/m0/s1. The second-order valence-electron chi connectivity index (χ2n) is 8.11. The van der Waals surface area contributed by atoms with Crippen LogP contribution in [0.25, 0.3) is 0 Å². The summed E-state index contributed by atoms with van der Waals surface area (Å²) in [6.07, 6.45) is 0.442. The van der Waals surface area contributed by atoms with Gasteiger partial charge in [-0.25, -0.2) is 0 Å². The normalized spacial score (nSPS) is 17.8. The van der Waals surface area contributed by atoms with E-state index in [-0.39, 0.29) is 11.8 Å². The predicted octanol–water partition coefficient (Wildman–Crippen LogP) is 4.28. The third kappa shape index (κ3) is 3.91. The van der Waals surface area contributed by atoms with E-state index in [1.807, 2.05) is 86.6 Å². The minimum atomic E-state index is -1.05. The van der Waals surface area contributed by atoms with Crippen LogP contribution in [0.2, 0.25) is 0 Å². The van der Waals surface area contributed by atoms with Gasteiger partial charge in [-0.2, -0.15) is 0 Å². The molecule has 1 aliphatic heterocycles. The van der Waals surface area contributed by atoms with E-state index in [1.165, 1.54) is 0 Å². The van der Waals surface area contributed by atoms with Crippen molar-refractivity contribution < 1.29 is 14.3 Å². The topological polar surface area (TPSA) is 58.6 Å². The van der Waals surface area contributed by atoms with Crippen molar-refractivity contribution in [2.24, 2.45) is 0 Å². The highest BCUT2D eigenvalue weighted by molar-refractivity contribution is 6.14. The van der Waals surface area contributed by atoms with Gasteiger partial charge in [-0.05, 0) is 55.3 Å². The largest absolute Gasteiger partial charge is 0.497 e. The summed E-state index contributed by atoms with van der Waals surface area (Å²) in [6.45, 7) is 4.21. The van der Waals surface area contributed by atoms with Gasteiger partial charge in [0.05, 0.1) is 7.11 Å². The van der Waals surface area contributed by atoms with Crippen molar-refractivity contribution in [2.45, 2.75) is 32.4 Å². The minimum Gasteiger partial charge on any atom is -0.497 e. The zero-order chi connectivity index (χ0) is 22.0. The lowest BCUT2D eigenvalue weighted by Crippen LogP contribution is -2.63. The lowest BCUT2D eigenvalue weighted by Gasteiger charge is -2.44. The van der Waals surface area contributed by atoms with Gasteiger partial charge in [-0.15, -0.1) is 0 Å². The number of nitrogens with one attached hydrogen (secondary N) is 1. The number of rotatable bonds is 5. The summed E-state index contributed by atoms with van der Waals surface area (Å²) in [5.74, 6) is 0.418. The molecular formula is C26H26N2O3. The minimum absolute atomic E-state index is 0.159. The molecule has 1 heterocycles. The van der Waals surface area contributed by atoms with Crippen molar-refractivity contribution in [1.29, 1.82) is 0 Å². The molecule has 1 atom stereocenters. The van der Waals surface area contributed by atoms with Gasteiger partial charge in [0.25, 0.3) is 5.91 Å². The first-order valence-electron chi connectivity index (χ1n) is 10.3.